The van der Waals surface area contributed by atoms with Crippen molar-refractivity contribution < 1.29 is 14.3 Å². The summed E-state index contributed by atoms with van der Waals surface area (Å²) in [6.45, 7) is 3.69. The molecule has 6 heteroatoms. The second-order valence-corrected chi connectivity index (χ2v) is 7.00. The van der Waals surface area contributed by atoms with Crippen molar-refractivity contribution in [1.82, 2.24) is 14.8 Å². The van der Waals surface area contributed by atoms with Crippen LogP contribution in [0.4, 0.5) is 0 Å². The van der Waals surface area contributed by atoms with E-state index in [1.165, 1.54) is 6.42 Å². The van der Waals surface area contributed by atoms with Gasteiger partial charge in [0.15, 0.2) is 0 Å². The highest BCUT2D eigenvalue weighted by Gasteiger charge is 2.29. The van der Waals surface area contributed by atoms with Gasteiger partial charge in [-0.15, -0.1) is 0 Å². The molecule has 6 nitrogen and oxygen atoms in total. The van der Waals surface area contributed by atoms with Crippen LogP contribution in [0.1, 0.15) is 41.7 Å². The molecule has 0 spiro atoms. The Balaban J connectivity index is 1.54. The van der Waals surface area contributed by atoms with Crippen LogP contribution in [0.2, 0.25) is 0 Å². The van der Waals surface area contributed by atoms with Gasteiger partial charge in [-0.25, -0.2) is 0 Å². The summed E-state index contributed by atoms with van der Waals surface area (Å²) in [7, 11) is 1.65. The lowest BCUT2D eigenvalue weighted by Gasteiger charge is -2.26. The number of carbonyl (C=O) groups is 2. The Morgan fingerprint density at radius 2 is 2.08 bits per heavy atom. The van der Waals surface area contributed by atoms with E-state index in [0.717, 1.165) is 44.6 Å². The molecular weight excluding hydrogens is 318 g/mol. The SMILES string of the molecule is COCCN1C[C@@H](Cc2ccc(C(=O)N3CCCCC3)cn2)CC1=O. The number of pyridine rings is 1. The molecule has 0 N–H and O–H groups in total. The zero-order chi connectivity index (χ0) is 17.6. The fraction of sp³-hybridized carbons (Fsp3) is 0.632. The Hall–Kier alpha value is -1.95. The molecule has 0 unspecified atom stereocenters. The van der Waals surface area contributed by atoms with E-state index in [9.17, 15) is 9.59 Å². The number of amides is 2. The Labute approximate surface area is 149 Å². The smallest absolute Gasteiger partial charge is 0.255 e. The molecule has 2 aliphatic heterocycles. The highest BCUT2D eigenvalue weighted by atomic mass is 16.5. The lowest BCUT2D eigenvalue weighted by Crippen LogP contribution is -2.35. The van der Waals surface area contributed by atoms with Crippen LogP contribution < -0.4 is 0 Å². The normalized spacial score (nSPS) is 21.0. The number of hydrogen-bond acceptors (Lipinski definition) is 4. The average molecular weight is 345 g/mol. The molecule has 3 rings (SSSR count). The highest BCUT2D eigenvalue weighted by molar-refractivity contribution is 5.94. The number of nitrogens with zero attached hydrogens (tertiary/aromatic N) is 3. The zero-order valence-electron chi connectivity index (χ0n) is 14.9. The van der Waals surface area contributed by atoms with Crippen molar-refractivity contribution in [2.75, 3.05) is 39.9 Å². The molecule has 25 heavy (non-hydrogen) atoms. The van der Waals surface area contributed by atoms with Crippen molar-refractivity contribution in [2.45, 2.75) is 32.1 Å². The van der Waals surface area contributed by atoms with Gasteiger partial charge < -0.3 is 14.5 Å². The second-order valence-electron chi connectivity index (χ2n) is 7.00. The largest absolute Gasteiger partial charge is 0.383 e. The average Bonchev–Trinajstić information content (AvgIpc) is 3.00. The molecule has 0 aliphatic carbocycles. The molecule has 1 aromatic rings. The van der Waals surface area contributed by atoms with E-state index in [1.807, 2.05) is 21.9 Å². The molecule has 0 radical (unpaired) electrons. The van der Waals surface area contributed by atoms with E-state index < -0.39 is 0 Å². The van der Waals surface area contributed by atoms with E-state index in [4.69, 9.17) is 4.74 Å². The summed E-state index contributed by atoms with van der Waals surface area (Å²) in [5.41, 5.74) is 1.61. The maximum absolute atomic E-state index is 12.5. The number of aromatic nitrogens is 1. The Kier molecular flexibility index (Phi) is 6.02. The lowest BCUT2D eigenvalue weighted by molar-refractivity contribution is -0.128. The molecule has 0 bridgehead atoms. The summed E-state index contributed by atoms with van der Waals surface area (Å²) in [6, 6.07) is 3.80. The van der Waals surface area contributed by atoms with Gasteiger partial charge in [-0.3, -0.25) is 14.6 Å². The van der Waals surface area contributed by atoms with Crippen molar-refractivity contribution in [3.8, 4) is 0 Å². The Morgan fingerprint density at radius 1 is 1.28 bits per heavy atom. The number of piperidine rings is 1. The third kappa shape index (κ3) is 4.57. The second kappa shape index (κ2) is 8.43. The summed E-state index contributed by atoms with van der Waals surface area (Å²) < 4.78 is 5.05. The van der Waals surface area contributed by atoms with E-state index in [2.05, 4.69) is 4.98 Å². The first kappa shape index (κ1) is 17.9. The third-order valence-corrected chi connectivity index (χ3v) is 5.07. The van der Waals surface area contributed by atoms with Gasteiger partial charge in [-0.1, -0.05) is 0 Å². The van der Waals surface area contributed by atoms with E-state index in [-0.39, 0.29) is 11.8 Å². The van der Waals surface area contributed by atoms with Gasteiger partial charge in [-0.2, -0.15) is 0 Å². The molecule has 3 heterocycles. The molecule has 1 atom stereocenters. The maximum Gasteiger partial charge on any atom is 0.255 e. The van der Waals surface area contributed by atoms with E-state index >= 15 is 0 Å². The number of hydrogen-bond donors (Lipinski definition) is 0. The van der Waals surface area contributed by atoms with Gasteiger partial charge in [0.25, 0.3) is 5.91 Å². The predicted molar refractivity (Wildman–Crippen MR) is 94.3 cm³/mol. The maximum atomic E-state index is 12.5. The van der Waals surface area contributed by atoms with Crippen LogP contribution in [0.5, 0.6) is 0 Å². The van der Waals surface area contributed by atoms with Crippen molar-refractivity contribution in [2.24, 2.45) is 5.92 Å². The summed E-state index contributed by atoms with van der Waals surface area (Å²) in [5.74, 6) is 0.569. The van der Waals surface area contributed by atoms with Gasteiger partial charge in [0.2, 0.25) is 5.91 Å². The van der Waals surface area contributed by atoms with Crippen LogP contribution >= 0.6 is 0 Å². The Morgan fingerprint density at radius 3 is 2.76 bits per heavy atom. The van der Waals surface area contributed by atoms with Crippen molar-refractivity contribution in [1.29, 1.82) is 0 Å². The van der Waals surface area contributed by atoms with Gasteiger partial charge in [0.1, 0.15) is 0 Å². The first-order valence-corrected chi connectivity index (χ1v) is 9.18. The topological polar surface area (TPSA) is 62.7 Å². The lowest BCUT2D eigenvalue weighted by atomic mass is 10.0. The van der Waals surface area contributed by atoms with Crippen LogP contribution in [0.3, 0.4) is 0 Å². The van der Waals surface area contributed by atoms with Gasteiger partial charge in [0, 0.05) is 51.6 Å². The number of rotatable bonds is 6. The predicted octanol–water partition coefficient (Wildman–Crippen LogP) is 1.75. The first-order chi connectivity index (χ1) is 12.2. The quantitative estimate of drug-likeness (QED) is 0.788. The summed E-state index contributed by atoms with van der Waals surface area (Å²) in [4.78, 5) is 32.7. The van der Waals surface area contributed by atoms with Crippen LogP contribution in [-0.4, -0.2) is 66.5 Å². The molecule has 1 aromatic heterocycles. The minimum atomic E-state index is 0.0838. The number of carbonyl (C=O) groups excluding carboxylic acids is 2. The molecule has 2 aliphatic rings. The van der Waals surface area contributed by atoms with Crippen molar-refractivity contribution >= 4 is 11.8 Å². The van der Waals surface area contributed by atoms with E-state index in [1.54, 1.807) is 13.3 Å². The van der Waals surface area contributed by atoms with E-state index in [0.29, 0.717) is 31.1 Å². The van der Waals surface area contributed by atoms with Crippen LogP contribution in [-0.2, 0) is 16.0 Å². The number of likely N-dealkylation sites (tertiary alicyclic amines) is 2. The zero-order valence-corrected chi connectivity index (χ0v) is 14.9. The fourth-order valence-corrected chi connectivity index (χ4v) is 3.66. The number of methoxy groups -OCH3 is 1. The van der Waals surface area contributed by atoms with Crippen molar-refractivity contribution in [3.05, 3.63) is 29.6 Å². The molecule has 2 amide bonds. The number of ether oxygens (including phenoxy) is 1. The summed E-state index contributed by atoms with van der Waals surface area (Å²) >= 11 is 0. The fourth-order valence-electron chi connectivity index (χ4n) is 3.66. The van der Waals surface area contributed by atoms with Crippen molar-refractivity contribution in [3.63, 3.8) is 0 Å². The van der Waals surface area contributed by atoms with Gasteiger partial charge in [0.05, 0.1) is 12.2 Å². The summed E-state index contributed by atoms with van der Waals surface area (Å²) in [6.07, 6.45) is 6.42. The molecule has 136 valence electrons. The molecule has 2 saturated heterocycles. The minimum Gasteiger partial charge on any atom is -0.383 e. The van der Waals surface area contributed by atoms with Crippen LogP contribution in [0, 0.1) is 5.92 Å². The van der Waals surface area contributed by atoms with Gasteiger partial charge >= 0.3 is 0 Å². The standard InChI is InChI=1S/C19H27N3O3/c1-25-10-9-22-14-15(12-18(22)23)11-17-6-5-16(13-20-17)19(24)21-7-3-2-4-8-21/h5-6,13,15H,2-4,7-12,14H2,1H3/t15-/m0/s1. The molecular formula is C19H27N3O3. The van der Waals surface area contributed by atoms with Crippen LogP contribution in [0.25, 0.3) is 0 Å². The summed E-state index contributed by atoms with van der Waals surface area (Å²) in [5, 5.41) is 0. The van der Waals surface area contributed by atoms with Crippen LogP contribution in [0.15, 0.2) is 18.3 Å². The molecule has 0 saturated carbocycles. The monoisotopic (exact) mass is 345 g/mol. The highest BCUT2D eigenvalue weighted by Crippen LogP contribution is 2.21. The van der Waals surface area contributed by atoms with Gasteiger partial charge in [-0.05, 0) is 43.7 Å². The molecule has 0 aromatic carbocycles. The molecule has 2 fully saturated rings. The third-order valence-electron chi connectivity index (χ3n) is 5.07. The minimum absolute atomic E-state index is 0.0838. The first-order valence-electron chi connectivity index (χ1n) is 9.18. The Bertz CT molecular complexity index is 596.